The number of hydrogen-bond donors (Lipinski definition) is 2. The van der Waals surface area contributed by atoms with Gasteiger partial charge in [0.15, 0.2) is 0 Å². The van der Waals surface area contributed by atoms with Crippen molar-refractivity contribution in [2.24, 2.45) is 0 Å². The third-order valence-corrected chi connectivity index (χ3v) is 6.16. The highest BCUT2D eigenvalue weighted by molar-refractivity contribution is 7.99. The average Bonchev–Trinajstić information content (AvgIpc) is 2.75. The quantitative estimate of drug-likeness (QED) is 0.792. The third kappa shape index (κ3) is 4.74. The fourth-order valence-electron chi connectivity index (χ4n) is 2.50. The van der Waals surface area contributed by atoms with Crippen LogP contribution in [-0.4, -0.2) is 35.6 Å². The molecule has 1 atom stereocenters. The first-order valence-corrected chi connectivity index (χ1v) is 9.03. The Bertz CT molecular complexity index is 386. The number of thioether (sulfide) groups is 1. The molecule has 0 aliphatic carbocycles. The van der Waals surface area contributed by atoms with Crippen LogP contribution in [0.2, 0.25) is 0 Å². The van der Waals surface area contributed by atoms with Gasteiger partial charge >= 0.3 is 0 Å². The molecule has 1 aromatic rings. The van der Waals surface area contributed by atoms with E-state index in [0.717, 1.165) is 11.8 Å². The maximum Gasteiger partial charge on any atom is 0.0900 e. The molecule has 2 N–H and O–H groups in total. The van der Waals surface area contributed by atoms with E-state index in [-0.39, 0.29) is 0 Å². The van der Waals surface area contributed by atoms with Crippen molar-refractivity contribution in [3.63, 3.8) is 0 Å². The van der Waals surface area contributed by atoms with E-state index in [1.54, 1.807) is 0 Å². The number of rotatable bonds is 6. The number of hydrogen-bond acceptors (Lipinski definition) is 5. The second kappa shape index (κ2) is 7.62. The highest BCUT2D eigenvalue weighted by Crippen LogP contribution is 2.24. The van der Waals surface area contributed by atoms with E-state index in [4.69, 9.17) is 0 Å². The van der Waals surface area contributed by atoms with E-state index in [0.29, 0.717) is 6.04 Å². The fourth-order valence-corrected chi connectivity index (χ4v) is 4.60. The van der Waals surface area contributed by atoms with Gasteiger partial charge in [0, 0.05) is 28.5 Å². The standard InChI is InChI=1S/C14H25N3S2/c1-10(14-11(2)17-12(3)19-14)16-8-9-18-13-4-6-15-7-5-13/h10,13,15-16H,4-9H2,1-3H3. The minimum Gasteiger partial charge on any atom is -0.317 e. The molecule has 108 valence electrons. The minimum absolute atomic E-state index is 0.430. The molecule has 0 amide bonds. The highest BCUT2D eigenvalue weighted by Gasteiger charge is 2.14. The van der Waals surface area contributed by atoms with Crippen LogP contribution >= 0.6 is 23.1 Å². The van der Waals surface area contributed by atoms with Gasteiger partial charge in [-0.15, -0.1) is 11.3 Å². The van der Waals surface area contributed by atoms with Gasteiger partial charge in [-0.3, -0.25) is 0 Å². The maximum atomic E-state index is 4.50. The van der Waals surface area contributed by atoms with Gasteiger partial charge < -0.3 is 10.6 Å². The molecule has 0 aromatic carbocycles. The average molecular weight is 300 g/mol. The molecule has 2 rings (SSSR count). The number of aromatic nitrogens is 1. The van der Waals surface area contributed by atoms with Crippen LogP contribution in [0.5, 0.6) is 0 Å². The molecule has 5 heteroatoms. The Hall–Kier alpha value is -0.100. The monoisotopic (exact) mass is 299 g/mol. The van der Waals surface area contributed by atoms with Crippen LogP contribution in [0.4, 0.5) is 0 Å². The van der Waals surface area contributed by atoms with Gasteiger partial charge in [0.1, 0.15) is 0 Å². The predicted octanol–water partition coefficient (Wildman–Crippen LogP) is 2.90. The summed E-state index contributed by atoms with van der Waals surface area (Å²) in [7, 11) is 0. The maximum absolute atomic E-state index is 4.50. The number of aryl methyl sites for hydroxylation is 2. The van der Waals surface area contributed by atoms with Crippen molar-refractivity contribution < 1.29 is 0 Å². The molecule has 0 radical (unpaired) electrons. The number of nitrogens with zero attached hydrogens (tertiary/aromatic N) is 1. The Labute approximate surface area is 125 Å². The Morgan fingerprint density at radius 1 is 1.42 bits per heavy atom. The normalized spacial score (nSPS) is 18.7. The molecule has 1 fully saturated rings. The van der Waals surface area contributed by atoms with Crippen LogP contribution in [0.15, 0.2) is 0 Å². The lowest BCUT2D eigenvalue weighted by Crippen LogP contribution is -2.30. The summed E-state index contributed by atoms with van der Waals surface area (Å²) in [5, 5.41) is 9.08. The summed E-state index contributed by atoms with van der Waals surface area (Å²) in [6, 6.07) is 0.430. The van der Waals surface area contributed by atoms with Crippen molar-refractivity contribution in [1.82, 2.24) is 15.6 Å². The molecular weight excluding hydrogens is 274 g/mol. The first kappa shape index (κ1) is 15.3. The van der Waals surface area contributed by atoms with Gasteiger partial charge in [-0.05, 0) is 46.7 Å². The minimum atomic E-state index is 0.430. The van der Waals surface area contributed by atoms with Crippen LogP contribution in [-0.2, 0) is 0 Å². The summed E-state index contributed by atoms with van der Waals surface area (Å²) in [6.45, 7) is 9.92. The summed E-state index contributed by atoms with van der Waals surface area (Å²) >= 11 is 3.95. The molecular formula is C14H25N3S2. The highest BCUT2D eigenvalue weighted by atomic mass is 32.2. The number of thiazole rings is 1. The smallest absolute Gasteiger partial charge is 0.0900 e. The zero-order valence-electron chi connectivity index (χ0n) is 12.2. The molecule has 19 heavy (non-hydrogen) atoms. The van der Waals surface area contributed by atoms with Gasteiger partial charge in [-0.1, -0.05) is 0 Å². The first-order valence-electron chi connectivity index (χ1n) is 7.16. The van der Waals surface area contributed by atoms with E-state index in [1.165, 1.54) is 47.3 Å². The van der Waals surface area contributed by atoms with Crippen LogP contribution in [0, 0.1) is 13.8 Å². The van der Waals surface area contributed by atoms with Gasteiger partial charge in [-0.2, -0.15) is 11.8 Å². The predicted molar refractivity (Wildman–Crippen MR) is 86.4 cm³/mol. The summed E-state index contributed by atoms with van der Waals surface area (Å²) < 4.78 is 0. The van der Waals surface area contributed by atoms with Crippen molar-refractivity contribution in [1.29, 1.82) is 0 Å². The van der Waals surface area contributed by atoms with Crippen molar-refractivity contribution >= 4 is 23.1 Å². The van der Waals surface area contributed by atoms with E-state index >= 15 is 0 Å². The molecule has 3 nitrogen and oxygen atoms in total. The molecule has 2 heterocycles. The van der Waals surface area contributed by atoms with Crippen molar-refractivity contribution in [2.75, 3.05) is 25.4 Å². The second-order valence-corrected chi connectivity index (χ2v) is 7.82. The number of nitrogens with one attached hydrogen (secondary N) is 2. The van der Waals surface area contributed by atoms with E-state index < -0.39 is 0 Å². The van der Waals surface area contributed by atoms with Gasteiger partial charge in [0.05, 0.1) is 10.7 Å². The van der Waals surface area contributed by atoms with Crippen LogP contribution < -0.4 is 10.6 Å². The fraction of sp³-hybridized carbons (Fsp3) is 0.786. The van der Waals surface area contributed by atoms with Crippen molar-refractivity contribution in [3.8, 4) is 0 Å². The third-order valence-electron chi connectivity index (χ3n) is 3.53. The van der Waals surface area contributed by atoms with Crippen LogP contribution in [0.25, 0.3) is 0 Å². The topological polar surface area (TPSA) is 37.0 Å². The molecule has 1 aliphatic heterocycles. The first-order chi connectivity index (χ1) is 9.16. The summed E-state index contributed by atoms with van der Waals surface area (Å²) in [6.07, 6.45) is 2.65. The van der Waals surface area contributed by atoms with Gasteiger partial charge in [0.2, 0.25) is 0 Å². The van der Waals surface area contributed by atoms with Crippen molar-refractivity contribution in [2.45, 2.75) is 44.9 Å². The number of piperidine rings is 1. The molecule has 1 aliphatic rings. The van der Waals surface area contributed by atoms with Gasteiger partial charge in [-0.25, -0.2) is 4.98 Å². The summed E-state index contributed by atoms with van der Waals surface area (Å²) in [5.41, 5.74) is 1.19. The zero-order chi connectivity index (χ0) is 13.7. The molecule has 1 saturated heterocycles. The lowest BCUT2D eigenvalue weighted by atomic mass is 10.2. The molecule has 1 aromatic heterocycles. The summed E-state index contributed by atoms with van der Waals surface area (Å²) in [5.74, 6) is 1.21. The lowest BCUT2D eigenvalue weighted by Gasteiger charge is -2.22. The Morgan fingerprint density at radius 3 is 2.79 bits per heavy atom. The van der Waals surface area contributed by atoms with Crippen LogP contribution in [0.1, 0.15) is 41.4 Å². The Kier molecular flexibility index (Phi) is 6.13. The lowest BCUT2D eigenvalue weighted by molar-refractivity contribution is 0.530. The van der Waals surface area contributed by atoms with Crippen LogP contribution in [0.3, 0.4) is 0 Å². The van der Waals surface area contributed by atoms with E-state index in [2.05, 4.69) is 48.2 Å². The van der Waals surface area contributed by atoms with E-state index in [9.17, 15) is 0 Å². The second-order valence-electron chi connectivity index (χ2n) is 5.18. The molecule has 1 unspecified atom stereocenters. The zero-order valence-corrected chi connectivity index (χ0v) is 13.8. The molecule has 0 spiro atoms. The van der Waals surface area contributed by atoms with Gasteiger partial charge in [0.25, 0.3) is 0 Å². The Balaban J connectivity index is 1.66. The SMILES string of the molecule is Cc1nc(C)c(C(C)NCCSC2CCNCC2)s1. The Morgan fingerprint density at radius 2 is 2.16 bits per heavy atom. The van der Waals surface area contributed by atoms with Crippen molar-refractivity contribution in [3.05, 3.63) is 15.6 Å². The largest absolute Gasteiger partial charge is 0.317 e. The summed E-state index contributed by atoms with van der Waals surface area (Å²) in [4.78, 5) is 5.89. The van der Waals surface area contributed by atoms with E-state index in [1.807, 2.05) is 11.3 Å². The molecule has 0 saturated carbocycles. The molecule has 0 bridgehead atoms.